The summed E-state index contributed by atoms with van der Waals surface area (Å²) in [6.07, 6.45) is 7.02. The Labute approximate surface area is 192 Å². The summed E-state index contributed by atoms with van der Waals surface area (Å²) in [6, 6.07) is 7.34. The Morgan fingerprint density at radius 3 is 1.48 bits per heavy atom. The van der Waals surface area contributed by atoms with E-state index in [4.69, 9.17) is 33.3 Å². The molecule has 0 saturated heterocycles. The molecule has 0 unspecified atom stereocenters. The minimum Gasteiger partial charge on any atom is -0.463 e. The molecule has 27 heavy (non-hydrogen) atoms. The summed E-state index contributed by atoms with van der Waals surface area (Å²) in [6.45, 7) is 3.71. The predicted octanol–water partition coefficient (Wildman–Crippen LogP) is 4.48. The molecule has 2 aromatic heterocycles. The van der Waals surface area contributed by atoms with Crippen molar-refractivity contribution in [3.63, 3.8) is 0 Å². The van der Waals surface area contributed by atoms with Crippen molar-refractivity contribution in [1.29, 1.82) is 0 Å². The molecule has 2 heterocycles. The number of hydrazone groups is 2. The summed E-state index contributed by atoms with van der Waals surface area (Å²) in [5.74, 6) is 1.49. The van der Waals surface area contributed by atoms with E-state index in [0.29, 0.717) is 8.64 Å². The number of rotatable bonds is 4. The first kappa shape index (κ1) is 26.1. The standard InChI is InChI=1S/2C8H10N2OS2.Pt/c2*1-6(7-4-3-5-11-7)9-10-8(12)13-2;/h2*3-5H,1-2H3,(H,10,12);. The SMILES string of the molecule is CSC(=S)NN=C(C)c1ccco1.CSC(=S)NN=C(C)c1ccco1.[Pt]. The van der Waals surface area contributed by atoms with Crippen LogP contribution in [0.3, 0.4) is 0 Å². The largest absolute Gasteiger partial charge is 0.463 e. The number of thiocarbonyl (C=S) groups is 2. The molecular formula is C16H20N4O2PtS4. The van der Waals surface area contributed by atoms with Gasteiger partial charge in [-0.1, -0.05) is 48.0 Å². The molecule has 0 aliphatic carbocycles. The maximum absolute atomic E-state index is 5.14. The Bertz CT molecular complexity index is 682. The van der Waals surface area contributed by atoms with Crippen LogP contribution in [0.4, 0.5) is 0 Å². The van der Waals surface area contributed by atoms with Gasteiger partial charge in [-0.05, 0) is 50.6 Å². The second kappa shape index (κ2) is 15.0. The van der Waals surface area contributed by atoms with E-state index in [0.717, 1.165) is 22.9 Å². The first-order chi connectivity index (χ1) is 12.5. The summed E-state index contributed by atoms with van der Waals surface area (Å²) in [5.41, 5.74) is 7.04. The number of nitrogens with one attached hydrogen (secondary N) is 2. The third kappa shape index (κ3) is 10.8. The van der Waals surface area contributed by atoms with Crippen LogP contribution >= 0.6 is 48.0 Å². The monoisotopic (exact) mass is 623 g/mol. The summed E-state index contributed by atoms with van der Waals surface area (Å²) in [5, 5.41) is 8.10. The molecule has 150 valence electrons. The number of nitrogens with zero attached hydrogens (tertiary/aromatic N) is 2. The summed E-state index contributed by atoms with van der Waals surface area (Å²) >= 11 is 12.7. The first-order valence-corrected chi connectivity index (χ1v) is 10.6. The number of thioether (sulfide) groups is 2. The van der Waals surface area contributed by atoms with Gasteiger partial charge in [0.05, 0.1) is 12.5 Å². The maximum Gasteiger partial charge on any atom is 0.153 e. The van der Waals surface area contributed by atoms with Crippen LogP contribution in [-0.2, 0) is 21.1 Å². The van der Waals surface area contributed by atoms with Gasteiger partial charge in [-0.15, -0.1) is 0 Å². The molecule has 2 N–H and O–H groups in total. The van der Waals surface area contributed by atoms with Crippen LogP contribution in [-0.4, -0.2) is 32.6 Å². The Balaban J connectivity index is 0.000000483. The van der Waals surface area contributed by atoms with Crippen LogP contribution in [0.5, 0.6) is 0 Å². The van der Waals surface area contributed by atoms with Crippen LogP contribution in [0, 0.1) is 0 Å². The topological polar surface area (TPSA) is 75.1 Å². The zero-order valence-electron chi connectivity index (χ0n) is 15.1. The van der Waals surface area contributed by atoms with Gasteiger partial charge in [0, 0.05) is 21.1 Å². The Morgan fingerprint density at radius 1 is 0.852 bits per heavy atom. The van der Waals surface area contributed by atoms with Crippen molar-refractivity contribution in [2.24, 2.45) is 10.2 Å². The molecular weight excluding hydrogens is 604 g/mol. The zero-order chi connectivity index (χ0) is 19.4. The molecule has 0 amide bonds. The smallest absolute Gasteiger partial charge is 0.153 e. The molecule has 0 aliphatic heterocycles. The van der Waals surface area contributed by atoms with Crippen molar-refractivity contribution in [1.82, 2.24) is 10.9 Å². The molecule has 0 saturated carbocycles. The second-order valence-electron chi connectivity index (χ2n) is 4.56. The predicted molar refractivity (Wildman–Crippen MR) is 120 cm³/mol. The summed E-state index contributed by atoms with van der Waals surface area (Å²) in [7, 11) is 0. The van der Waals surface area contributed by atoms with Gasteiger partial charge in [-0.25, -0.2) is 0 Å². The second-order valence-corrected chi connectivity index (χ2v) is 7.52. The van der Waals surface area contributed by atoms with Gasteiger partial charge in [0.25, 0.3) is 0 Å². The van der Waals surface area contributed by atoms with E-state index in [1.807, 2.05) is 50.6 Å². The molecule has 0 aliphatic rings. The normalized spacial score (nSPS) is 11.0. The molecule has 11 heteroatoms. The van der Waals surface area contributed by atoms with E-state index < -0.39 is 0 Å². The van der Waals surface area contributed by atoms with Crippen molar-refractivity contribution in [2.45, 2.75) is 13.8 Å². The zero-order valence-corrected chi connectivity index (χ0v) is 20.7. The average Bonchev–Trinajstić information content (AvgIpc) is 3.37. The fraction of sp³-hybridized carbons (Fsp3) is 0.250. The molecule has 0 aromatic carbocycles. The minimum absolute atomic E-state index is 0. The quantitative estimate of drug-likeness (QED) is 0.294. The summed E-state index contributed by atoms with van der Waals surface area (Å²) in [4.78, 5) is 0. The molecule has 2 rings (SSSR count). The Kier molecular flexibility index (Phi) is 14.5. The fourth-order valence-corrected chi connectivity index (χ4v) is 1.79. The Hall–Kier alpha value is -0.932. The first-order valence-electron chi connectivity index (χ1n) is 7.32. The summed E-state index contributed by atoms with van der Waals surface area (Å²) < 4.78 is 11.6. The average molecular weight is 624 g/mol. The van der Waals surface area contributed by atoms with E-state index in [2.05, 4.69) is 21.1 Å². The van der Waals surface area contributed by atoms with E-state index in [1.165, 1.54) is 23.5 Å². The van der Waals surface area contributed by atoms with Crippen molar-refractivity contribution < 1.29 is 29.9 Å². The molecule has 0 radical (unpaired) electrons. The van der Waals surface area contributed by atoms with Crippen LogP contribution in [0.15, 0.2) is 55.8 Å². The van der Waals surface area contributed by atoms with Crippen molar-refractivity contribution in [3.05, 3.63) is 48.3 Å². The van der Waals surface area contributed by atoms with Gasteiger partial charge in [0.1, 0.15) is 22.9 Å². The van der Waals surface area contributed by atoms with Gasteiger partial charge in [-0.3, -0.25) is 10.9 Å². The van der Waals surface area contributed by atoms with Crippen molar-refractivity contribution >= 4 is 68.0 Å². The molecule has 0 fully saturated rings. The van der Waals surface area contributed by atoms with Crippen molar-refractivity contribution in [2.75, 3.05) is 12.5 Å². The van der Waals surface area contributed by atoms with Crippen molar-refractivity contribution in [3.8, 4) is 0 Å². The van der Waals surface area contributed by atoms with Crippen LogP contribution in [0.1, 0.15) is 25.4 Å². The third-order valence-electron chi connectivity index (χ3n) is 2.76. The van der Waals surface area contributed by atoms with Gasteiger partial charge in [0.15, 0.2) is 8.64 Å². The number of furan rings is 2. The van der Waals surface area contributed by atoms with E-state index in [1.54, 1.807) is 12.5 Å². The molecule has 0 atom stereocenters. The maximum atomic E-state index is 5.14. The molecule has 6 nitrogen and oxygen atoms in total. The van der Waals surface area contributed by atoms with Gasteiger partial charge < -0.3 is 8.83 Å². The van der Waals surface area contributed by atoms with Gasteiger partial charge >= 0.3 is 0 Å². The van der Waals surface area contributed by atoms with E-state index in [9.17, 15) is 0 Å². The number of hydrogen-bond donors (Lipinski definition) is 2. The molecule has 2 aromatic rings. The number of hydrogen-bond acceptors (Lipinski definition) is 8. The molecule has 0 spiro atoms. The molecule has 0 bridgehead atoms. The van der Waals surface area contributed by atoms with Crippen LogP contribution < -0.4 is 10.9 Å². The van der Waals surface area contributed by atoms with E-state index in [-0.39, 0.29) is 21.1 Å². The van der Waals surface area contributed by atoms with Gasteiger partial charge in [0.2, 0.25) is 0 Å². The van der Waals surface area contributed by atoms with Crippen LogP contribution in [0.2, 0.25) is 0 Å². The third-order valence-corrected chi connectivity index (χ3v) is 4.86. The van der Waals surface area contributed by atoms with E-state index >= 15 is 0 Å². The fourth-order valence-electron chi connectivity index (χ4n) is 1.43. The van der Waals surface area contributed by atoms with Gasteiger partial charge in [-0.2, -0.15) is 10.2 Å². The minimum atomic E-state index is 0. The Morgan fingerprint density at radius 2 is 1.22 bits per heavy atom. The van der Waals surface area contributed by atoms with Crippen LogP contribution in [0.25, 0.3) is 0 Å².